The molecule has 31 heavy (non-hydrogen) atoms. The molecular weight excluding hydrogens is 394 g/mol. The van der Waals surface area contributed by atoms with Crippen molar-refractivity contribution in [1.29, 1.82) is 0 Å². The number of aryl methyl sites for hydroxylation is 1. The van der Waals surface area contributed by atoms with Crippen LogP contribution in [0.2, 0.25) is 0 Å². The molecule has 1 aliphatic heterocycles. The van der Waals surface area contributed by atoms with Gasteiger partial charge in [-0.25, -0.2) is 15.0 Å². The number of imidazole rings is 1. The van der Waals surface area contributed by atoms with E-state index in [9.17, 15) is 9.59 Å². The Kier molecular flexibility index (Phi) is 5.83. The average molecular weight is 422 g/mol. The molecule has 0 bridgehead atoms. The van der Waals surface area contributed by atoms with Gasteiger partial charge in [-0.3, -0.25) is 9.59 Å². The van der Waals surface area contributed by atoms with Gasteiger partial charge in [-0.05, 0) is 30.9 Å². The molecule has 0 spiro atoms. The molecule has 1 aromatic carbocycles. The second-order valence-corrected chi connectivity index (χ2v) is 8.04. The van der Waals surface area contributed by atoms with Gasteiger partial charge in [0.25, 0.3) is 5.91 Å². The van der Waals surface area contributed by atoms with E-state index in [0.29, 0.717) is 30.5 Å². The molecule has 0 unspecified atom stereocenters. The maximum atomic E-state index is 12.3. The van der Waals surface area contributed by atoms with Crippen molar-refractivity contribution in [1.82, 2.24) is 24.4 Å². The third-order valence-electron chi connectivity index (χ3n) is 5.96. The van der Waals surface area contributed by atoms with Gasteiger partial charge in [0.1, 0.15) is 5.82 Å². The van der Waals surface area contributed by atoms with Crippen molar-refractivity contribution in [2.45, 2.75) is 26.3 Å². The first-order valence-electron chi connectivity index (χ1n) is 10.4. The number of hydrogen-bond acceptors (Lipinski definition) is 6. The van der Waals surface area contributed by atoms with Crippen LogP contribution in [0, 0.1) is 5.92 Å². The zero-order chi connectivity index (χ0) is 22.0. The molecular formula is C22H27N7O2. The Morgan fingerprint density at radius 2 is 1.84 bits per heavy atom. The second kappa shape index (κ2) is 8.71. The third-order valence-corrected chi connectivity index (χ3v) is 5.96. The maximum Gasteiger partial charge on any atom is 0.251 e. The highest BCUT2D eigenvalue weighted by atomic mass is 16.2. The lowest BCUT2D eigenvalue weighted by molar-refractivity contribution is -0.130. The lowest BCUT2D eigenvalue weighted by atomic mass is 9.96. The molecule has 1 saturated heterocycles. The topological polar surface area (TPSA) is 110 Å². The van der Waals surface area contributed by atoms with Crippen molar-refractivity contribution in [2.24, 2.45) is 18.7 Å². The molecule has 162 valence electrons. The van der Waals surface area contributed by atoms with E-state index in [1.807, 2.05) is 36.2 Å². The number of primary amides is 1. The molecule has 9 nitrogen and oxygen atoms in total. The number of benzene rings is 1. The molecule has 2 amide bonds. The number of hydrogen-bond donors (Lipinski definition) is 1. The zero-order valence-electron chi connectivity index (χ0n) is 17.9. The molecule has 2 N–H and O–H groups in total. The smallest absolute Gasteiger partial charge is 0.251 e. The Bertz CT molecular complexity index is 1080. The van der Waals surface area contributed by atoms with Crippen LogP contribution in [-0.4, -0.2) is 55.9 Å². The minimum absolute atomic E-state index is 0.0554. The van der Waals surface area contributed by atoms with E-state index in [2.05, 4.69) is 19.4 Å². The fraction of sp³-hybridized carbons (Fsp3) is 0.409. The van der Waals surface area contributed by atoms with Crippen molar-refractivity contribution in [3.8, 4) is 0 Å². The Morgan fingerprint density at radius 3 is 2.45 bits per heavy atom. The third kappa shape index (κ3) is 4.50. The normalized spacial score (nSPS) is 14.7. The highest BCUT2D eigenvalue weighted by molar-refractivity contribution is 5.92. The Morgan fingerprint density at radius 1 is 1.16 bits per heavy atom. The predicted molar refractivity (Wildman–Crippen MR) is 117 cm³/mol. The summed E-state index contributed by atoms with van der Waals surface area (Å²) in [4.78, 5) is 40.8. The zero-order valence-corrected chi connectivity index (χ0v) is 17.9. The van der Waals surface area contributed by atoms with E-state index in [4.69, 9.17) is 10.7 Å². The van der Waals surface area contributed by atoms with Crippen molar-refractivity contribution in [3.05, 3.63) is 48.0 Å². The van der Waals surface area contributed by atoms with Gasteiger partial charge >= 0.3 is 0 Å². The molecule has 2 aromatic heterocycles. The monoisotopic (exact) mass is 421 g/mol. The van der Waals surface area contributed by atoms with Crippen LogP contribution in [0.5, 0.6) is 0 Å². The molecule has 0 saturated carbocycles. The van der Waals surface area contributed by atoms with Gasteiger partial charge in [0.2, 0.25) is 11.9 Å². The molecule has 9 heteroatoms. The number of nitrogens with zero attached hydrogens (tertiary/aromatic N) is 6. The van der Waals surface area contributed by atoms with Gasteiger partial charge in [-0.2, -0.15) is 0 Å². The van der Waals surface area contributed by atoms with Gasteiger partial charge in [-0.15, -0.1) is 0 Å². The summed E-state index contributed by atoms with van der Waals surface area (Å²) in [6.45, 7) is 4.43. The van der Waals surface area contributed by atoms with Gasteiger partial charge in [-0.1, -0.05) is 12.1 Å². The lowest BCUT2D eigenvalue weighted by Gasteiger charge is -2.34. The number of fused-ring (bicyclic) bond motifs is 1. The Labute approximate surface area is 180 Å². The minimum atomic E-state index is -0.532. The number of rotatable bonds is 6. The Balaban J connectivity index is 1.38. The lowest BCUT2D eigenvalue weighted by Crippen LogP contribution is -2.41. The second-order valence-electron chi connectivity index (χ2n) is 8.04. The highest BCUT2D eigenvalue weighted by Gasteiger charge is 2.25. The largest absolute Gasteiger partial charge is 0.366 e. The van der Waals surface area contributed by atoms with Crippen LogP contribution in [0.15, 0.2) is 36.7 Å². The standard InChI is InChI=1S/C22H27N7O2/c1-15(30)29(14-20-26-18-5-3-4-6-19(18)27(20)2)13-16-7-9-28(10-8-16)22-24-11-17(12-25-22)21(23)31/h3-6,11-12,16H,7-10,13-14H2,1-2H3,(H2,23,31). The fourth-order valence-corrected chi connectivity index (χ4v) is 4.05. The van der Waals surface area contributed by atoms with Crippen LogP contribution in [0.4, 0.5) is 5.95 Å². The number of carbonyl (C=O) groups excluding carboxylic acids is 2. The summed E-state index contributed by atoms with van der Waals surface area (Å²) in [5, 5.41) is 0. The first kappa shape index (κ1) is 20.8. The van der Waals surface area contributed by atoms with E-state index in [0.717, 1.165) is 42.8 Å². The van der Waals surface area contributed by atoms with Gasteiger partial charge in [0.05, 0.1) is 23.1 Å². The molecule has 0 atom stereocenters. The van der Waals surface area contributed by atoms with Crippen molar-refractivity contribution < 1.29 is 9.59 Å². The Hall–Kier alpha value is -3.49. The van der Waals surface area contributed by atoms with Crippen LogP contribution in [0.1, 0.15) is 35.9 Å². The van der Waals surface area contributed by atoms with E-state index in [1.165, 1.54) is 12.4 Å². The molecule has 0 aliphatic carbocycles. The number of para-hydroxylation sites is 2. The van der Waals surface area contributed by atoms with Crippen molar-refractivity contribution >= 4 is 28.8 Å². The number of carbonyl (C=O) groups is 2. The molecule has 3 aromatic rings. The van der Waals surface area contributed by atoms with E-state index in [1.54, 1.807) is 6.92 Å². The van der Waals surface area contributed by atoms with Crippen LogP contribution in [0.3, 0.4) is 0 Å². The summed E-state index contributed by atoms with van der Waals surface area (Å²) in [7, 11) is 1.99. The molecule has 0 radical (unpaired) electrons. The number of aromatic nitrogens is 4. The first-order valence-corrected chi connectivity index (χ1v) is 10.4. The summed E-state index contributed by atoms with van der Waals surface area (Å²) in [5.74, 6) is 1.41. The van der Waals surface area contributed by atoms with Gasteiger partial charge in [0.15, 0.2) is 0 Å². The van der Waals surface area contributed by atoms with Crippen molar-refractivity contribution in [2.75, 3.05) is 24.5 Å². The number of anilines is 1. The number of nitrogens with two attached hydrogens (primary N) is 1. The minimum Gasteiger partial charge on any atom is -0.366 e. The van der Waals surface area contributed by atoms with Crippen LogP contribution < -0.4 is 10.6 Å². The maximum absolute atomic E-state index is 12.3. The van der Waals surface area contributed by atoms with E-state index < -0.39 is 5.91 Å². The molecule has 3 heterocycles. The summed E-state index contributed by atoms with van der Waals surface area (Å²) in [6, 6.07) is 8.00. The SMILES string of the molecule is CC(=O)N(Cc1nc2ccccc2n1C)CC1CCN(c2ncc(C(N)=O)cn2)CC1. The highest BCUT2D eigenvalue weighted by Crippen LogP contribution is 2.23. The summed E-state index contributed by atoms with van der Waals surface area (Å²) >= 11 is 0. The van der Waals surface area contributed by atoms with Crippen LogP contribution >= 0.6 is 0 Å². The van der Waals surface area contributed by atoms with E-state index in [-0.39, 0.29) is 5.91 Å². The van der Waals surface area contributed by atoms with E-state index >= 15 is 0 Å². The predicted octanol–water partition coefficient (Wildman–Crippen LogP) is 1.73. The first-order chi connectivity index (χ1) is 14.9. The number of piperidine rings is 1. The molecule has 4 rings (SSSR count). The summed E-state index contributed by atoms with van der Waals surface area (Å²) < 4.78 is 2.06. The van der Waals surface area contributed by atoms with Crippen molar-refractivity contribution in [3.63, 3.8) is 0 Å². The fourth-order valence-electron chi connectivity index (χ4n) is 4.05. The quantitative estimate of drug-likeness (QED) is 0.649. The van der Waals surface area contributed by atoms with Gasteiger partial charge in [0, 0.05) is 46.0 Å². The summed E-state index contributed by atoms with van der Waals surface area (Å²) in [5.41, 5.74) is 7.56. The van der Waals surface area contributed by atoms with Crippen LogP contribution in [0.25, 0.3) is 11.0 Å². The average Bonchev–Trinajstić information content (AvgIpc) is 3.09. The molecule has 1 aliphatic rings. The van der Waals surface area contributed by atoms with Crippen LogP contribution in [-0.2, 0) is 18.4 Å². The molecule has 1 fully saturated rings. The number of amides is 2. The van der Waals surface area contributed by atoms with Gasteiger partial charge < -0.3 is 20.1 Å². The summed E-state index contributed by atoms with van der Waals surface area (Å²) in [6.07, 6.45) is 4.80.